The van der Waals surface area contributed by atoms with Crippen molar-refractivity contribution in [3.8, 4) is 0 Å². The number of thioether (sulfide) groups is 2. The molecule has 0 saturated carbocycles. The number of carbonyl (C=O) groups is 3. The summed E-state index contributed by atoms with van der Waals surface area (Å²) in [7, 11) is 0. The molecule has 4 aromatic rings. The van der Waals surface area contributed by atoms with E-state index in [-0.39, 0.29) is 29.2 Å². The molecule has 2 aromatic carbocycles. The monoisotopic (exact) mass is 618 g/mol. The molecule has 1 fully saturated rings. The number of fused-ring (bicyclic) bond motifs is 1. The summed E-state index contributed by atoms with van der Waals surface area (Å²) in [6.07, 6.45) is -0.484. The van der Waals surface area contributed by atoms with Crippen LogP contribution < -0.4 is 5.32 Å². The maximum Gasteiger partial charge on any atom is 0.356 e. The van der Waals surface area contributed by atoms with Gasteiger partial charge in [-0.1, -0.05) is 78.5 Å². The number of hydrogen-bond donors (Lipinski definition) is 2. The van der Waals surface area contributed by atoms with E-state index in [1.807, 2.05) is 85.1 Å². The quantitative estimate of drug-likeness (QED) is 0.154. The Kier molecular flexibility index (Phi) is 8.40. The fourth-order valence-electron chi connectivity index (χ4n) is 4.92. The number of rotatable bonds is 10. The van der Waals surface area contributed by atoms with Crippen molar-refractivity contribution in [3.63, 3.8) is 0 Å². The first-order valence-electron chi connectivity index (χ1n) is 13.2. The smallest absolute Gasteiger partial charge is 0.356 e. The van der Waals surface area contributed by atoms with Crippen LogP contribution in [0.5, 0.6) is 0 Å². The lowest BCUT2D eigenvalue weighted by Gasteiger charge is -2.50. The van der Waals surface area contributed by atoms with Gasteiger partial charge in [0.2, 0.25) is 11.1 Å². The van der Waals surface area contributed by atoms with Crippen molar-refractivity contribution in [2.24, 2.45) is 0 Å². The average Bonchev–Trinajstić information content (AvgIpc) is 3.73. The van der Waals surface area contributed by atoms with Gasteiger partial charge in [-0.3, -0.25) is 14.5 Å². The number of nitrogens with one attached hydrogen (secondary N) is 2. The van der Waals surface area contributed by atoms with Crippen LogP contribution in [-0.4, -0.2) is 65.7 Å². The lowest BCUT2D eigenvalue weighted by Crippen LogP contribution is -2.71. The summed E-state index contributed by atoms with van der Waals surface area (Å²) in [4.78, 5) is 42.8. The number of nitrogens with zero attached hydrogens (tertiary/aromatic N) is 4. The molecular formula is C29H26N6O4S3. The van der Waals surface area contributed by atoms with E-state index in [0.29, 0.717) is 10.9 Å². The highest BCUT2D eigenvalue weighted by Gasteiger charge is 2.55. The van der Waals surface area contributed by atoms with E-state index in [2.05, 4.69) is 25.9 Å². The van der Waals surface area contributed by atoms with Gasteiger partial charge >= 0.3 is 5.97 Å². The third-order valence-electron chi connectivity index (χ3n) is 6.95. The summed E-state index contributed by atoms with van der Waals surface area (Å²) in [5.74, 6) is -0.720. The summed E-state index contributed by atoms with van der Waals surface area (Å²) < 4.78 is 6.22. The first-order valence-corrected chi connectivity index (χ1v) is 16.0. The molecule has 2 aliphatic heterocycles. The molecule has 2 amide bonds. The fourth-order valence-corrected chi connectivity index (χ4v) is 8.03. The van der Waals surface area contributed by atoms with Crippen molar-refractivity contribution in [2.75, 3.05) is 5.75 Å². The molecule has 2 N–H and O–H groups in total. The van der Waals surface area contributed by atoms with E-state index >= 15 is 0 Å². The molecule has 42 heavy (non-hydrogen) atoms. The van der Waals surface area contributed by atoms with Gasteiger partial charge in [-0.15, -0.1) is 33.3 Å². The fraction of sp³-hybridized carbons (Fsp3) is 0.241. The van der Waals surface area contributed by atoms with E-state index in [1.54, 1.807) is 0 Å². The molecular weight excluding hydrogens is 593 g/mol. The standard InChI is InChI=1S/C29H26N6O4S3/c1-17(42-29-31-33-34-32-29)21-16-41-27-23(30-22(36)15-20-13-8-14-40-20)26(37)35(27)24(21)28(38)39-25(18-9-4-2-5-10-18)19-11-6-3-7-12-19/h2-14,17,23,25,27H,15-16H2,1H3,(H,30,36)(H,31,32,33,34)/t17?,23-,27-/m1/s1. The molecule has 3 atom stereocenters. The number of H-pyrrole nitrogens is 1. The number of hydrogen-bond acceptors (Lipinski definition) is 10. The highest BCUT2D eigenvalue weighted by Crippen LogP contribution is 2.44. The first kappa shape index (κ1) is 28.2. The second-order valence-electron chi connectivity index (χ2n) is 9.65. The number of β-lactam (4-membered cyclic amide) rings is 1. The Morgan fingerprint density at radius 1 is 1.10 bits per heavy atom. The minimum absolute atomic E-state index is 0.197. The number of amides is 2. The van der Waals surface area contributed by atoms with Crippen LogP contribution in [0.1, 0.15) is 29.0 Å². The highest BCUT2D eigenvalue weighted by atomic mass is 32.2. The Hall–Kier alpha value is -3.94. The molecule has 6 rings (SSSR count). The molecule has 0 radical (unpaired) electrons. The number of aromatic nitrogens is 4. The summed E-state index contributed by atoms with van der Waals surface area (Å²) >= 11 is 4.33. The Labute approximate surface area is 254 Å². The van der Waals surface area contributed by atoms with Gasteiger partial charge in [0.1, 0.15) is 17.1 Å². The number of esters is 1. The number of tetrazole rings is 1. The van der Waals surface area contributed by atoms with Gasteiger partial charge in [0.05, 0.1) is 6.42 Å². The molecule has 4 heterocycles. The van der Waals surface area contributed by atoms with Crippen molar-refractivity contribution in [2.45, 2.75) is 41.3 Å². The normalized spacial score (nSPS) is 18.8. The molecule has 13 heteroatoms. The first-order chi connectivity index (χ1) is 20.5. The maximum atomic E-state index is 14.1. The van der Waals surface area contributed by atoms with Gasteiger partial charge in [-0.25, -0.2) is 4.79 Å². The zero-order valence-corrected chi connectivity index (χ0v) is 24.8. The topological polar surface area (TPSA) is 130 Å². The number of aromatic amines is 1. The molecule has 2 aliphatic rings. The Morgan fingerprint density at radius 2 is 1.81 bits per heavy atom. The van der Waals surface area contributed by atoms with Gasteiger partial charge in [-0.2, -0.15) is 5.21 Å². The maximum absolute atomic E-state index is 14.1. The van der Waals surface area contributed by atoms with Crippen molar-refractivity contribution in [1.82, 2.24) is 30.8 Å². The lowest BCUT2D eigenvalue weighted by atomic mass is 10.00. The van der Waals surface area contributed by atoms with E-state index in [4.69, 9.17) is 4.74 Å². The van der Waals surface area contributed by atoms with Crippen LogP contribution in [0.15, 0.2) is 94.6 Å². The predicted molar refractivity (Wildman–Crippen MR) is 160 cm³/mol. The second kappa shape index (κ2) is 12.5. The van der Waals surface area contributed by atoms with Crippen LogP contribution in [0.25, 0.3) is 0 Å². The summed E-state index contributed by atoms with van der Waals surface area (Å²) in [5.41, 5.74) is 2.55. The second-order valence-corrected chi connectivity index (χ2v) is 13.1. The van der Waals surface area contributed by atoms with E-state index in [1.165, 1.54) is 39.8 Å². The Morgan fingerprint density at radius 3 is 2.43 bits per heavy atom. The third kappa shape index (κ3) is 5.85. The zero-order chi connectivity index (χ0) is 29.1. The highest BCUT2D eigenvalue weighted by molar-refractivity contribution is 8.01. The van der Waals surface area contributed by atoms with Gasteiger partial charge in [0.15, 0.2) is 6.10 Å². The van der Waals surface area contributed by atoms with Gasteiger partial charge in [0.25, 0.3) is 5.91 Å². The van der Waals surface area contributed by atoms with Crippen LogP contribution in [0.2, 0.25) is 0 Å². The largest absolute Gasteiger partial charge is 0.448 e. The average molecular weight is 619 g/mol. The van der Waals surface area contributed by atoms with Gasteiger partial charge in [0, 0.05) is 15.9 Å². The molecule has 10 nitrogen and oxygen atoms in total. The van der Waals surface area contributed by atoms with Crippen LogP contribution in [0.3, 0.4) is 0 Å². The number of thiophene rings is 1. The lowest BCUT2D eigenvalue weighted by molar-refractivity contribution is -0.154. The SMILES string of the molecule is CC(Sc1nn[nH]n1)C1=C(C(=O)OC(c2ccccc2)c2ccccc2)N2C(=O)[C@@H](NC(=O)Cc3cccs3)[C@H]2SC1. The molecule has 0 spiro atoms. The van der Waals surface area contributed by atoms with Crippen LogP contribution in [0.4, 0.5) is 0 Å². The van der Waals surface area contributed by atoms with Crippen molar-refractivity contribution in [3.05, 3.63) is 105 Å². The number of carbonyl (C=O) groups excluding carboxylic acids is 3. The van der Waals surface area contributed by atoms with Gasteiger partial charge < -0.3 is 10.1 Å². The molecule has 214 valence electrons. The van der Waals surface area contributed by atoms with E-state index in [9.17, 15) is 14.4 Å². The third-order valence-corrected chi connectivity index (χ3v) is 10.2. The summed E-state index contributed by atoms with van der Waals surface area (Å²) in [5, 5.41) is 18.7. The van der Waals surface area contributed by atoms with Crippen LogP contribution in [0, 0.1) is 0 Å². The van der Waals surface area contributed by atoms with Crippen LogP contribution >= 0.6 is 34.9 Å². The van der Waals surface area contributed by atoms with Gasteiger partial charge in [-0.05, 0) is 40.3 Å². The molecule has 0 aliphatic carbocycles. The molecule has 0 bridgehead atoms. The summed E-state index contributed by atoms with van der Waals surface area (Å²) in [6.45, 7) is 1.93. The number of benzene rings is 2. The van der Waals surface area contributed by atoms with Crippen molar-refractivity contribution >= 4 is 52.6 Å². The molecule has 1 saturated heterocycles. The Balaban J connectivity index is 1.29. The van der Waals surface area contributed by atoms with Crippen LogP contribution in [-0.2, 0) is 25.5 Å². The van der Waals surface area contributed by atoms with E-state index < -0.39 is 23.5 Å². The predicted octanol–water partition coefficient (Wildman–Crippen LogP) is 3.97. The van der Waals surface area contributed by atoms with Crippen molar-refractivity contribution < 1.29 is 19.1 Å². The minimum atomic E-state index is -0.731. The zero-order valence-electron chi connectivity index (χ0n) is 22.4. The van der Waals surface area contributed by atoms with Crippen molar-refractivity contribution in [1.29, 1.82) is 0 Å². The van der Waals surface area contributed by atoms with E-state index in [0.717, 1.165) is 21.6 Å². The Bertz CT molecular complexity index is 1540. The number of ether oxygens (including phenoxy) is 1. The molecule has 1 unspecified atom stereocenters. The minimum Gasteiger partial charge on any atom is -0.448 e. The summed E-state index contributed by atoms with van der Waals surface area (Å²) in [6, 6.07) is 22.0. The molecule has 2 aromatic heterocycles.